The molecule has 0 N–H and O–H groups in total. The molecule has 0 spiro atoms. The summed E-state index contributed by atoms with van der Waals surface area (Å²) in [6.45, 7) is 5.11. The van der Waals surface area contributed by atoms with Crippen LogP contribution in [0.5, 0.6) is 0 Å². The molecule has 0 saturated heterocycles. The largest absolute Gasteiger partial charge is 0.281 e. The summed E-state index contributed by atoms with van der Waals surface area (Å²) in [6.07, 6.45) is -2.77. The first-order valence-electron chi connectivity index (χ1n) is 6.57. The zero-order valence-corrected chi connectivity index (χ0v) is 13.0. The van der Waals surface area contributed by atoms with Gasteiger partial charge in [-0.1, -0.05) is 36.4 Å². The Balaban J connectivity index is 2.50. The highest BCUT2D eigenvalue weighted by atomic mass is 32.2. The van der Waals surface area contributed by atoms with Crippen LogP contribution in [0.15, 0.2) is 46.9 Å². The number of nitrogens with zero attached hydrogens (tertiary/aromatic N) is 1. The van der Waals surface area contributed by atoms with Crippen LogP contribution in [-0.2, 0) is 11.0 Å². The van der Waals surface area contributed by atoms with Gasteiger partial charge in [-0.2, -0.15) is 4.40 Å². The van der Waals surface area contributed by atoms with Crippen molar-refractivity contribution in [3.63, 3.8) is 0 Å². The first-order chi connectivity index (χ1) is 9.79. The number of benzene rings is 2. The summed E-state index contributed by atoms with van der Waals surface area (Å²) in [7, 11) is -1.71. The van der Waals surface area contributed by atoms with Crippen LogP contribution >= 0.6 is 0 Å². The smallest absolute Gasteiger partial charge is 0.234 e. The van der Waals surface area contributed by atoms with Crippen molar-refractivity contribution in [2.75, 3.05) is 0 Å². The predicted molar refractivity (Wildman–Crippen MR) is 84.4 cm³/mol. The molecule has 112 valence electrons. The van der Waals surface area contributed by atoms with Crippen molar-refractivity contribution in [3.8, 4) is 0 Å². The molecule has 2 rings (SSSR count). The molecule has 0 unspecified atom stereocenters. The van der Waals surface area contributed by atoms with Crippen LogP contribution in [0.4, 0.5) is 8.78 Å². The Kier molecular flexibility index (Phi) is 4.52. The van der Waals surface area contributed by atoms with Gasteiger partial charge in [0.25, 0.3) is 6.43 Å². The van der Waals surface area contributed by atoms with E-state index in [0.29, 0.717) is 5.56 Å². The maximum absolute atomic E-state index is 13.3. The molecule has 0 saturated carbocycles. The number of halogens is 2. The van der Waals surface area contributed by atoms with Gasteiger partial charge in [0.1, 0.15) is 16.7 Å². The molecule has 0 radical (unpaired) electrons. The van der Waals surface area contributed by atoms with Crippen LogP contribution < -0.4 is 0 Å². The standard InChI is InChI=1S/C16H17F2NOS/c1-16(2,3)21(20)19-14(15(17)18)13-9-8-11-6-4-5-7-12(11)10-13/h4-10,15H,1-3H3/b19-14-/t21-/m1/s1. The highest BCUT2D eigenvalue weighted by Gasteiger charge is 2.23. The van der Waals surface area contributed by atoms with E-state index in [1.807, 2.05) is 24.3 Å². The molecule has 0 heterocycles. The second-order valence-corrected chi connectivity index (χ2v) is 7.61. The summed E-state index contributed by atoms with van der Waals surface area (Å²) in [5.41, 5.74) is -0.115. The minimum absolute atomic E-state index is 0.307. The Morgan fingerprint density at radius 3 is 2.29 bits per heavy atom. The van der Waals surface area contributed by atoms with Crippen LogP contribution in [0.2, 0.25) is 0 Å². The molecular formula is C16H17F2NOS. The molecule has 21 heavy (non-hydrogen) atoms. The number of fused-ring (bicyclic) bond motifs is 1. The summed E-state index contributed by atoms with van der Waals surface area (Å²) in [5.74, 6) is 0. The quantitative estimate of drug-likeness (QED) is 0.775. The average Bonchev–Trinajstić information content (AvgIpc) is 2.42. The van der Waals surface area contributed by atoms with Crippen molar-refractivity contribution in [2.45, 2.75) is 31.9 Å². The average molecular weight is 309 g/mol. The molecule has 2 nitrogen and oxygen atoms in total. The van der Waals surface area contributed by atoms with Crippen LogP contribution in [0, 0.1) is 0 Å². The van der Waals surface area contributed by atoms with Crippen LogP contribution in [0.3, 0.4) is 0 Å². The van der Waals surface area contributed by atoms with Gasteiger partial charge < -0.3 is 0 Å². The van der Waals surface area contributed by atoms with E-state index in [-0.39, 0.29) is 0 Å². The summed E-state index contributed by atoms with van der Waals surface area (Å²) in [6, 6.07) is 12.5. The van der Waals surface area contributed by atoms with Crippen molar-refractivity contribution in [1.82, 2.24) is 0 Å². The topological polar surface area (TPSA) is 29.4 Å². The lowest BCUT2D eigenvalue weighted by Gasteiger charge is -2.15. The molecule has 0 amide bonds. The molecule has 0 aliphatic rings. The minimum atomic E-state index is -2.77. The maximum Gasteiger partial charge on any atom is 0.281 e. The fourth-order valence-electron chi connectivity index (χ4n) is 1.79. The van der Waals surface area contributed by atoms with Crippen molar-refractivity contribution in [3.05, 3.63) is 48.0 Å². The van der Waals surface area contributed by atoms with E-state index >= 15 is 0 Å². The van der Waals surface area contributed by atoms with Gasteiger partial charge in [0.05, 0.1) is 4.75 Å². The number of rotatable bonds is 3. The number of hydrogen-bond acceptors (Lipinski definition) is 1. The van der Waals surface area contributed by atoms with E-state index < -0.39 is 27.9 Å². The van der Waals surface area contributed by atoms with Crippen LogP contribution in [0.1, 0.15) is 26.3 Å². The molecule has 0 aliphatic heterocycles. The molecule has 2 aromatic carbocycles. The second kappa shape index (κ2) is 6.02. The number of hydrogen-bond donors (Lipinski definition) is 0. The van der Waals surface area contributed by atoms with Gasteiger partial charge in [0.15, 0.2) is 0 Å². The molecule has 0 aromatic heterocycles. The maximum atomic E-state index is 13.3. The Morgan fingerprint density at radius 2 is 1.71 bits per heavy atom. The van der Waals surface area contributed by atoms with Gasteiger partial charge >= 0.3 is 0 Å². The Morgan fingerprint density at radius 1 is 1.10 bits per heavy atom. The van der Waals surface area contributed by atoms with Gasteiger partial charge in [0.2, 0.25) is 0 Å². The molecule has 0 bridgehead atoms. The monoisotopic (exact) mass is 309 g/mol. The summed E-state index contributed by atoms with van der Waals surface area (Å²) >= 11 is 0. The molecular weight excluding hydrogens is 292 g/mol. The number of alkyl halides is 2. The van der Waals surface area contributed by atoms with Crippen molar-refractivity contribution < 1.29 is 13.0 Å². The van der Waals surface area contributed by atoms with Gasteiger partial charge in [-0.05, 0) is 37.6 Å². The van der Waals surface area contributed by atoms with E-state index in [4.69, 9.17) is 0 Å². The highest BCUT2D eigenvalue weighted by molar-refractivity contribution is 7.85. The van der Waals surface area contributed by atoms with Gasteiger partial charge in [-0.25, -0.2) is 13.0 Å². The summed E-state index contributed by atoms with van der Waals surface area (Å²) in [5, 5.41) is 1.82. The van der Waals surface area contributed by atoms with Crippen LogP contribution in [-0.4, -0.2) is 21.1 Å². The Bertz CT molecular complexity index is 705. The normalized spacial score (nSPS) is 14.7. The second-order valence-electron chi connectivity index (χ2n) is 5.70. The lowest BCUT2D eigenvalue weighted by molar-refractivity contribution is 0.226. The van der Waals surface area contributed by atoms with Crippen LogP contribution in [0.25, 0.3) is 10.8 Å². The fourth-order valence-corrected chi connectivity index (χ4v) is 2.43. The van der Waals surface area contributed by atoms with Crippen molar-refractivity contribution in [1.29, 1.82) is 0 Å². The summed E-state index contributed by atoms with van der Waals surface area (Å²) in [4.78, 5) is 0. The zero-order valence-electron chi connectivity index (χ0n) is 12.1. The molecule has 5 heteroatoms. The zero-order chi connectivity index (χ0) is 15.6. The fraction of sp³-hybridized carbons (Fsp3) is 0.312. The molecule has 1 atom stereocenters. The van der Waals surface area contributed by atoms with Crippen molar-refractivity contribution in [2.24, 2.45) is 4.40 Å². The SMILES string of the molecule is CC(C)(C)[S@@](=O)/N=C(/c1ccc2ccccc2c1)C(F)F. The lowest BCUT2D eigenvalue weighted by Crippen LogP contribution is -2.23. The first-order valence-corrected chi connectivity index (χ1v) is 7.67. The Labute approximate surface area is 125 Å². The van der Waals surface area contributed by atoms with Gasteiger partial charge in [-0.3, -0.25) is 0 Å². The van der Waals surface area contributed by atoms with Crippen molar-refractivity contribution >= 4 is 27.5 Å². The van der Waals surface area contributed by atoms with E-state index in [0.717, 1.165) is 10.8 Å². The summed E-state index contributed by atoms with van der Waals surface area (Å²) < 4.78 is 41.6. The molecule has 2 aromatic rings. The van der Waals surface area contributed by atoms with E-state index in [2.05, 4.69) is 4.40 Å². The third kappa shape index (κ3) is 3.73. The molecule has 0 aliphatic carbocycles. The first kappa shape index (κ1) is 15.8. The van der Waals surface area contributed by atoms with E-state index in [9.17, 15) is 13.0 Å². The third-order valence-corrected chi connectivity index (χ3v) is 4.37. The van der Waals surface area contributed by atoms with Gasteiger partial charge in [0, 0.05) is 5.56 Å². The van der Waals surface area contributed by atoms with E-state index in [1.165, 1.54) is 0 Å². The Hall–Kier alpha value is -1.62. The minimum Gasteiger partial charge on any atom is -0.234 e. The predicted octanol–water partition coefficient (Wildman–Crippen LogP) is 4.36. The molecule has 0 fully saturated rings. The lowest BCUT2D eigenvalue weighted by atomic mass is 10.0. The van der Waals surface area contributed by atoms with Gasteiger partial charge in [-0.15, -0.1) is 0 Å². The third-order valence-electron chi connectivity index (χ3n) is 2.96. The highest BCUT2D eigenvalue weighted by Crippen LogP contribution is 2.20. The van der Waals surface area contributed by atoms with E-state index in [1.54, 1.807) is 39.0 Å².